The summed E-state index contributed by atoms with van der Waals surface area (Å²) in [6.07, 6.45) is 4.00. The van der Waals surface area contributed by atoms with Crippen molar-refractivity contribution in [3.8, 4) is 0 Å². The van der Waals surface area contributed by atoms with Crippen molar-refractivity contribution in [3.63, 3.8) is 0 Å². The van der Waals surface area contributed by atoms with Crippen LogP contribution in [0, 0.1) is 0 Å². The van der Waals surface area contributed by atoms with Gasteiger partial charge in [0.05, 0.1) is 0 Å². The molecule has 0 radical (unpaired) electrons. The van der Waals surface area contributed by atoms with Crippen molar-refractivity contribution in [3.05, 3.63) is 34.9 Å². The maximum atomic E-state index is 11.3. The van der Waals surface area contributed by atoms with Gasteiger partial charge in [0.15, 0.2) is 5.71 Å². The molecule has 19 heavy (non-hydrogen) atoms. The van der Waals surface area contributed by atoms with Gasteiger partial charge in [-0.05, 0) is 44.7 Å². The summed E-state index contributed by atoms with van der Waals surface area (Å²) in [6.45, 7) is 1.96. The topological polar surface area (TPSA) is 58.9 Å². The summed E-state index contributed by atoms with van der Waals surface area (Å²) in [4.78, 5) is 16.7. The standard InChI is InChI=1S/C14H16ClNO3/c1-14(8-2-3-9-14)19-16-12(13(17)18)10-4-6-11(15)7-5-10/h4-7H,2-3,8-9H2,1H3,(H,17,18)/b16-12-. The molecule has 1 aromatic carbocycles. The summed E-state index contributed by atoms with van der Waals surface area (Å²) in [5.41, 5.74) is 0.0518. The third-order valence-electron chi connectivity index (χ3n) is 3.34. The smallest absolute Gasteiger partial charge is 0.358 e. The van der Waals surface area contributed by atoms with Crippen LogP contribution in [0.1, 0.15) is 38.2 Å². The van der Waals surface area contributed by atoms with E-state index in [0.717, 1.165) is 25.7 Å². The van der Waals surface area contributed by atoms with Crippen LogP contribution in [-0.2, 0) is 9.63 Å². The molecular weight excluding hydrogens is 266 g/mol. The number of hydrogen-bond donors (Lipinski definition) is 1. The first-order chi connectivity index (χ1) is 9.00. The van der Waals surface area contributed by atoms with E-state index in [0.29, 0.717) is 10.6 Å². The molecule has 4 nitrogen and oxygen atoms in total. The summed E-state index contributed by atoms with van der Waals surface area (Å²) in [5.74, 6) is -1.11. The zero-order valence-electron chi connectivity index (χ0n) is 10.7. The fourth-order valence-electron chi connectivity index (χ4n) is 2.19. The fourth-order valence-corrected chi connectivity index (χ4v) is 2.32. The van der Waals surface area contributed by atoms with Crippen molar-refractivity contribution >= 4 is 23.3 Å². The Morgan fingerprint density at radius 2 is 1.89 bits per heavy atom. The second kappa shape index (κ2) is 5.61. The maximum absolute atomic E-state index is 11.3. The third kappa shape index (κ3) is 3.47. The molecule has 1 saturated carbocycles. The lowest BCUT2D eigenvalue weighted by atomic mass is 10.1. The number of benzene rings is 1. The third-order valence-corrected chi connectivity index (χ3v) is 3.59. The van der Waals surface area contributed by atoms with E-state index in [1.807, 2.05) is 6.92 Å². The molecule has 0 amide bonds. The van der Waals surface area contributed by atoms with Crippen LogP contribution in [0.5, 0.6) is 0 Å². The Morgan fingerprint density at radius 3 is 2.42 bits per heavy atom. The normalized spacial score (nSPS) is 18.3. The van der Waals surface area contributed by atoms with E-state index >= 15 is 0 Å². The van der Waals surface area contributed by atoms with Crippen LogP contribution < -0.4 is 0 Å². The van der Waals surface area contributed by atoms with E-state index in [-0.39, 0.29) is 11.3 Å². The number of rotatable bonds is 4. The van der Waals surface area contributed by atoms with Gasteiger partial charge in [-0.1, -0.05) is 28.9 Å². The van der Waals surface area contributed by atoms with Gasteiger partial charge in [0, 0.05) is 10.6 Å². The minimum absolute atomic E-state index is 0.0928. The summed E-state index contributed by atoms with van der Waals surface area (Å²) in [6, 6.07) is 6.50. The Labute approximate surface area is 117 Å². The molecule has 0 aliphatic heterocycles. The SMILES string of the molecule is CC1(O/N=C(\C(=O)O)c2ccc(Cl)cc2)CCCC1. The molecule has 5 heteroatoms. The van der Waals surface area contributed by atoms with Gasteiger partial charge in [-0.25, -0.2) is 4.79 Å². The number of nitrogens with zero attached hydrogens (tertiary/aromatic N) is 1. The van der Waals surface area contributed by atoms with Gasteiger partial charge in [-0.2, -0.15) is 0 Å². The predicted octanol–water partition coefficient (Wildman–Crippen LogP) is 3.48. The van der Waals surface area contributed by atoms with Gasteiger partial charge in [-0.3, -0.25) is 0 Å². The maximum Gasteiger partial charge on any atom is 0.358 e. The molecule has 1 aromatic rings. The quantitative estimate of drug-likeness (QED) is 0.679. The first kappa shape index (κ1) is 13.9. The van der Waals surface area contributed by atoms with Gasteiger partial charge < -0.3 is 9.94 Å². The van der Waals surface area contributed by atoms with Crippen LogP contribution in [0.4, 0.5) is 0 Å². The summed E-state index contributed by atoms with van der Waals surface area (Å²) >= 11 is 5.78. The second-order valence-electron chi connectivity index (χ2n) is 5.00. The molecule has 2 rings (SSSR count). The second-order valence-corrected chi connectivity index (χ2v) is 5.44. The Hall–Kier alpha value is -1.55. The van der Waals surface area contributed by atoms with Gasteiger partial charge in [-0.15, -0.1) is 0 Å². The van der Waals surface area contributed by atoms with Gasteiger partial charge in [0.1, 0.15) is 5.60 Å². The number of carboxylic acids is 1. The van der Waals surface area contributed by atoms with Crippen LogP contribution in [0.2, 0.25) is 5.02 Å². The van der Waals surface area contributed by atoms with Crippen LogP contribution >= 0.6 is 11.6 Å². The van der Waals surface area contributed by atoms with Crippen molar-refractivity contribution in [2.75, 3.05) is 0 Å². The first-order valence-electron chi connectivity index (χ1n) is 6.26. The van der Waals surface area contributed by atoms with Crippen molar-refractivity contribution in [1.29, 1.82) is 0 Å². The van der Waals surface area contributed by atoms with Crippen molar-refractivity contribution < 1.29 is 14.7 Å². The number of aliphatic carboxylic acids is 1. The van der Waals surface area contributed by atoms with Crippen LogP contribution in [0.25, 0.3) is 0 Å². The minimum atomic E-state index is -1.11. The lowest BCUT2D eigenvalue weighted by Crippen LogP contribution is -2.24. The summed E-state index contributed by atoms with van der Waals surface area (Å²) < 4.78 is 0. The zero-order chi connectivity index (χ0) is 13.9. The molecule has 0 heterocycles. The lowest BCUT2D eigenvalue weighted by molar-refractivity contribution is -0.129. The highest BCUT2D eigenvalue weighted by Crippen LogP contribution is 2.32. The number of carboxylic acid groups (broad SMARTS) is 1. The molecule has 0 atom stereocenters. The van der Waals surface area contributed by atoms with Gasteiger partial charge in [0.25, 0.3) is 0 Å². The van der Waals surface area contributed by atoms with Crippen LogP contribution in [-0.4, -0.2) is 22.4 Å². The average molecular weight is 282 g/mol. The van der Waals surface area contributed by atoms with E-state index in [9.17, 15) is 9.90 Å². The Kier molecular flexibility index (Phi) is 4.10. The predicted molar refractivity (Wildman–Crippen MR) is 73.6 cm³/mol. The monoisotopic (exact) mass is 281 g/mol. The van der Waals surface area contributed by atoms with Gasteiger partial charge >= 0.3 is 5.97 Å². The molecule has 1 fully saturated rings. The highest BCUT2D eigenvalue weighted by atomic mass is 35.5. The minimum Gasteiger partial charge on any atom is -0.476 e. The molecular formula is C14H16ClNO3. The van der Waals surface area contributed by atoms with E-state index in [1.54, 1.807) is 24.3 Å². The lowest BCUT2D eigenvalue weighted by Gasteiger charge is -2.20. The molecule has 1 aliphatic carbocycles. The van der Waals surface area contributed by atoms with Crippen molar-refractivity contribution in [2.24, 2.45) is 5.16 Å². The van der Waals surface area contributed by atoms with Gasteiger partial charge in [0.2, 0.25) is 0 Å². The molecule has 0 spiro atoms. The van der Waals surface area contributed by atoms with Crippen molar-refractivity contribution in [1.82, 2.24) is 0 Å². The number of oxime groups is 1. The Bertz CT molecular complexity index is 490. The first-order valence-corrected chi connectivity index (χ1v) is 6.63. The number of hydrogen-bond acceptors (Lipinski definition) is 3. The molecule has 102 valence electrons. The highest BCUT2D eigenvalue weighted by molar-refractivity contribution is 6.42. The van der Waals surface area contributed by atoms with Crippen LogP contribution in [0.15, 0.2) is 29.4 Å². The van der Waals surface area contributed by atoms with E-state index in [1.165, 1.54) is 0 Å². The van der Waals surface area contributed by atoms with E-state index in [4.69, 9.17) is 16.4 Å². The Morgan fingerprint density at radius 1 is 1.32 bits per heavy atom. The van der Waals surface area contributed by atoms with Crippen LogP contribution in [0.3, 0.4) is 0 Å². The molecule has 0 unspecified atom stereocenters. The highest BCUT2D eigenvalue weighted by Gasteiger charge is 2.31. The fraction of sp³-hybridized carbons (Fsp3) is 0.429. The molecule has 1 aliphatic rings. The number of carbonyl (C=O) groups is 1. The summed E-state index contributed by atoms with van der Waals surface area (Å²) in [7, 11) is 0. The molecule has 0 bridgehead atoms. The zero-order valence-corrected chi connectivity index (χ0v) is 11.5. The van der Waals surface area contributed by atoms with E-state index < -0.39 is 5.97 Å². The Balaban J connectivity index is 2.20. The number of halogens is 1. The largest absolute Gasteiger partial charge is 0.476 e. The molecule has 0 aromatic heterocycles. The molecule has 0 saturated heterocycles. The average Bonchev–Trinajstić information content (AvgIpc) is 2.78. The van der Waals surface area contributed by atoms with E-state index in [2.05, 4.69) is 5.16 Å². The summed E-state index contributed by atoms with van der Waals surface area (Å²) in [5, 5.41) is 13.6. The van der Waals surface area contributed by atoms with Crippen molar-refractivity contribution in [2.45, 2.75) is 38.2 Å². The molecule has 1 N–H and O–H groups in total.